The third-order valence-electron chi connectivity index (χ3n) is 4.33. The molecular formula is C18H16ClN3O. The largest absolute Gasteiger partial charge is 0.340 e. The minimum atomic E-state index is 0.00516. The number of halogens is 1. The van der Waals surface area contributed by atoms with Gasteiger partial charge in [0.05, 0.1) is 17.1 Å². The average Bonchev–Trinajstić information content (AvgIpc) is 3.21. The first-order valence-corrected chi connectivity index (χ1v) is 8.11. The lowest BCUT2D eigenvalue weighted by atomic mass is 10.1. The summed E-state index contributed by atoms with van der Waals surface area (Å²) in [6.45, 7) is 0.753. The van der Waals surface area contributed by atoms with Crippen LogP contribution in [0.3, 0.4) is 0 Å². The van der Waals surface area contributed by atoms with Crippen molar-refractivity contribution in [3.8, 4) is 0 Å². The van der Waals surface area contributed by atoms with E-state index in [-0.39, 0.29) is 11.9 Å². The maximum absolute atomic E-state index is 12.8. The second-order valence-electron chi connectivity index (χ2n) is 5.80. The number of carbonyl (C=O) groups is 1. The van der Waals surface area contributed by atoms with Crippen molar-refractivity contribution in [3.63, 3.8) is 0 Å². The Labute approximate surface area is 139 Å². The van der Waals surface area contributed by atoms with E-state index in [0.29, 0.717) is 10.6 Å². The van der Waals surface area contributed by atoms with Crippen molar-refractivity contribution in [2.45, 2.75) is 18.9 Å². The molecule has 23 heavy (non-hydrogen) atoms. The molecule has 1 aromatic heterocycles. The molecular weight excluding hydrogens is 310 g/mol. The molecule has 1 aliphatic rings. The fourth-order valence-corrected chi connectivity index (χ4v) is 3.31. The number of benzene rings is 2. The zero-order valence-corrected chi connectivity index (χ0v) is 13.3. The van der Waals surface area contributed by atoms with Crippen LogP contribution in [-0.4, -0.2) is 27.3 Å². The Bertz CT molecular complexity index is 823. The number of amides is 1. The monoisotopic (exact) mass is 325 g/mol. The predicted octanol–water partition coefficient (Wildman–Crippen LogP) is 4.19. The van der Waals surface area contributed by atoms with Gasteiger partial charge in [0, 0.05) is 17.1 Å². The zero-order chi connectivity index (χ0) is 15.8. The minimum Gasteiger partial charge on any atom is -0.340 e. The van der Waals surface area contributed by atoms with Crippen LogP contribution in [0.25, 0.3) is 11.0 Å². The fourth-order valence-electron chi connectivity index (χ4n) is 3.18. The summed E-state index contributed by atoms with van der Waals surface area (Å²) < 4.78 is 0. The van der Waals surface area contributed by atoms with Gasteiger partial charge in [-0.05, 0) is 49.2 Å². The molecule has 5 heteroatoms. The molecule has 116 valence electrons. The van der Waals surface area contributed by atoms with Gasteiger partial charge in [0.15, 0.2) is 0 Å². The molecule has 0 aliphatic carbocycles. The van der Waals surface area contributed by atoms with Gasteiger partial charge >= 0.3 is 0 Å². The molecule has 0 bridgehead atoms. The van der Waals surface area contributed by atoms with Gasteiger partial charge < -0.3 is 9.88 Å². The Kier molecular flexibility index (Phi) is 3.54. The van der Waals surface area contributed by atoms with Crippen LogP contribution in [0.15, 0.2) is 48.5 Å². The number of aromatic amines is 1. The Balaban J connectivity index is 1.65. The van der Waals surface area contributed by atoms with E-state index >= 15 is 0 Å². The lowest BCUT2D eigenvalue weighted by molar-refractivity contribution is 0.0730. The van der Waals surface area contributed by atoms with E-state index in [1.807, 2.05) is 29.2 Å². The zero-order valence-electron chi connectivity index (χ0n) is 12.5. The number of hydrogen-bond donors (Lipinski definition) is 1. The van der Waals surface area contributed by atoms with Crippen molar-refractivity contribution in [1.82, 2.24) is 14.9 Å². The summed E-state index contributed by atoms with van der Waals surface area (Å²) in [6.07, 6.45) is 1.92. The Morgan fingerprint density at radius 1 is 1.17 bits per heavy atom. The van der Waals surface area contributed by atoms with Gasteiger partial charge in [-0.25, -0.2) is 4.98 Å². The van der Waals surface area contributed by atoms with E-state index in [2.05, 4.69) is 9.97 Å². The summed E-state index contributed by atoms with van der Waals surface area (Å²) in [4.78, 5) is 22.7. The quantitative estimate of drug-likeness (QED) is 0.768. The van der Waals surface area contributed by atoms with E-state index in [4.69, 9.17) is 11.6 Å². The van der Waals surface area contributed by atoms with E-state index in [1.54, 1.807) is 24.3 Å². The van der Waals surface area contributed by atoms with Gasteiger partial charge in [-0.2, -0.15) is 0 Å². The molecule has 1 atom stereocenters. The van der Waals surface area contributed by atoms with Crippen molar-refractivity contribution < 1.29 is 4.79 Å². The van der Waals surface area contributed by atoms with E-state index in [0.717, 1.165) is 36.2 Å². The Morgan fingerprint density at radius 2 is 1.96 bits per heavy atom. The number of likely N-dealkylation sites (tertiary alicyclic amines) is 1. The maximum atomic E-state index is 12.8. The first kappa shape index (κ1) is 14.3. The number of nitrogens with zero attached hydrogens (tertiary/aromatic N) is 2. The summed E-state index contributed by atoms with van der Waals surface area (Å²) in [5.41, 5.74) is 2.61. The molecule has 4 nitrogen and oxygen atoms in total. The van der Waals surface area contributed by atoms with Gasteiger partial charge in [-0.15, -0.1) is 0 Å². The summed E-state index contributed by atoms with van der Waals surface area (Å²) >= 11 is 5.91. The molecule has 0 spiro atoms. The number of para-hydroxylation sites is 2. The fraction of sp³-hybridized carbons (Fsp3) is 0.222. The highest BCUT2D eigenvalue weighted by Crippen LogP contribution is 2.32. The molecule has 2 aromatic carbocycles. The van der Waals surface area contributed by atoms with Crippen LogP contribution in [0.1, 0.15) is 35.1 Å². The molecule has 1 N–H and O–H groups in total. The van der Waals surface area contributed by atoms with Crippen molar-refractivity contribution in [1.29, 1.82) is 0 Å². The average molecular weight is 326 g/mol. The van der Waals surface area contributed by atoms with Gasteiger partial charge in [-0.3, -0.25) is 4.79 Å². The molecule has 1 fully saturated rings. The van der Waals surface area contributed by atoms with Crippen LogP contribution in [0.5, 0.6) is 0 Å². The van der Waals surface area contributed by atoms with Crippen LogP contribution < -0.4 is 0 Å². The van der Waals surface area contributed by atoms with Crippen molar-refractivity contribution in [2.75, 3.05) is 6.54 Å². The van der Waals surface area contributed by atoms with Crippen LogP contribution in [-0.2, 0) is 0 Å². The minimum absolute atomic E-state index is 0.00516. The van der Waals surface area contributed by atoms with Gasteiger partial charge in [0.2, 0.25) is 0 Å². The molecule has 1 saturated heterocycles. The number of carbonyl (C=O) groups excluding carboxylic acids is 1. The van der Waals surface area contributed by atoms with E-state index in [9.17, 15) is 4.79 Å². The second-order valence-corrected chi connectivity index (χ2v) is 6.24. The SMILES string of the molecule is O=C(c1ccc(Cl)cc1)N1CCC[C@H]1c1nc2ccccc2[nH]1. The number of aromatic nitrogens is 2. The Hall–Kier alpha value is -2.33. The summed E-state index contributed by atoms with van der Waals surface area (Å²) in [6, 6.07) is 15.0. The first-order chi connectivity index (χ1) is 11.2. The van der Waals surface area contributed by atoms with Crippen molar-refractivity contribution >= 4 is 28.5 Å². The van der Waals surface area contributed by atoms with Gasteiger partial charge in [-0.1, -0.05) is 23.7 Å². The van der Waals surface area contributed by atoms with Crippen LogP contribution in [0.4, 0.5) is 0 Å². The molecule has 1 amide bonds. The van der Waals surface area contributed by atoms with Crippen molar-refractivity contribution in [2.24, 2.45) is 0 Å². The van der Waals surface area contributed by atoms with Crippen LogP contribution in [0, 0.1) is 0 Å². The smallest absolute Gasteiger partial charge is 0.254 e. The molecule has 0 saturated carbocycles. The molecule has 3 aromatic rings. The number of H-pyrrole nitrogens is 1. The standard InChI is InChI=1S/C18H16ClN3O/c19-13-9-7-12(8-10-13)18(23)22-11-3-6-16(22)17-20-14-4-1-2-5-15(14)21-17/h1-2,4-5,7-10,16H,3,6,11H2,(H,20,21)/t16-/m0/s1. The summed E-state index contributed by atoms with van der Waals surface area (Å²) in [5.74, 6) is 0.899. The molecule has 0 unspecified atom stereocenters. The number of nitrogens with one attached hydrogen (secondary N) is 1. The second kappa shape index (κ2) is 5.70. The highest BCUT2D eigenvalue weighted by Gasteiger charge is 2.32. The first-order valence-electron chi connectivity index (χ1n) is 7.73. The Morgan fingerprint density at radius 3 is 2.74 bits per heavy atom. The molecule has 4 rings (SSSR count). The lowest BCUT2D eigenvalue weighted by Gasteiger charge is -2.23. The third-order valence-corrected chi connectivity index (χ3v) is 4.58. The highest BCUT2D eigenvalue weighted by molar-refractivity contribution is 6.30. The molecule has 1 aliphatic heterocycles. The molecule has 0 radical (unpaired) electrons. The third kappa shape index (κ3) is 2.59. The summed E-state index contributed by atoms with van der Waals surface area (Å²) in [5, 5.41) is 0.636. The van der Waals surface area contributed by atoms with Crippen LogP contribution in [0.2, 0.25) is 5.02 Å². The molecule has 2 heterocycles. The van der Waals surface area contributed by atoms with Gasteiger partial charge in [0.1, 0.15) is 5.82 Å². The number of rotatable bonds is 2. The number of hydrogen-bond acceptors (Lipinski definition) is 2. The normalized spacial score (nSPS) is 17.8. The number of fused-ring (bicyclic) bond motifs is 1. The van der Waals surface area contributed by atoms with E-state index in [1.165, 1.54) is 0 Å². The number of imidazole rings is 1. The maximum Gasteiger partial charge on any atom is 0.254 e. The van der Waals surface area contributed by atoms with Gasteiger partial charge in [0.25, 0.3) is 5.91 Å². The highest BCUT2D eigenvalue weighted by atomic mass is 35.5. The predicted molar refractivity (Wildman–Crippen MR) is 90.6 cm³/mol. The summed E-state index contributed by atoms with van der Waals surface area (Å²) in [7, 11) is 0. The van der Waals surface area contributed by atoms with Crippen LogP contribution >= 0.6 is 11.6 Å². The topological polar surface area (TPSA) is 49.0 Å². The lowest BCUT2D eigenvalue weighted by Crippen LogP contribution is -2.31. The van der Waals surface area contributed by atoms with Crippen molar-refractivity contribution in [3.05, 3.63) is 64.9 Å². The van der Waals surface area contributed by atoms with E-state index < -0.39 is 0 Å².